The van der Waals surface area contributed by atoms with Crippen LogP contribution in [-0.2, 0) is 6.54 Å². The number of ether oxygens (including phenoxy) is 2. The second-order valence-corrected chi connectivity index (χ2v) is 2.96. The highest BCUT2D eigenvalue weighted by Gasteiger charge is 2.04. The number of hydrogen-bond donors (Lipinski definition) is 1. The van der Waals surface area contributed by atoms with Gasteiger partial charge in [-0.3, -0.25) is 0 Å². The summed E-state index contributed by atoms with van der Waals surface area (Å²) in [6, 6.07) is 7.55. The van der Waals surface area contributed by atoms with E-state index in [0.717, 1.165) is 12.1 Å². The maximum Gasteiger partial charge on any atom is 0.174 e. The second kappa shape index (κ2) is 5.89. The van der Waals surface area contributed by atoms with Gasteiger partial charge >= 0.3 is 0 Å². The van der Waals surface area contributed by atoms with E-state index in [1.54, 1.807) is 7.11 Å². The van der Waals surface area contributed by atoms with Crippen LogP contribution in [0.1, 0.15) is 5.56 Å². The molecule has 0 aromatic heterocycles. The van der Waals surface area contributed by atoms with Gasteiger partial charge in [0.05, 0.1) is 7.11 Å². The summed E-state index contributed by atoms with van der Waals surface area (Å²) < 4.78 is 10.4. The normalized spacial score (nSPS) is 9.40. The summed E-state index contributed by atoms with van der Waals surface area (Å²) >= 11 is 0. The standard InChI is InChI=1S/C11H14N2O2/c1-13-8-9-3-4-10(15-6-5-12)11(7-9)14-2/h3-4,7,13H,6,8H2,1-2H3. The number of nitrogens with zero attached hydrogens (tertiary/aromatic N) is 1. The van der Waals surface area contributed by atoms with Crippen molar-refractivity contribution in [3.8, 4) is 17.6 Å². The van der Waals surface area contributed by atoms with Crippen LogP contribution in [0.15, 0.2) is 18.2 Å². The lowest BCUT2D eigenvalue weighted by Gasteiger charge is -2.09. The fraction of sp³-hybridized carbons (Fsp3) is 0.364. The van der Waals surface area contributed by atoms with E-state index in [4.69, 9.17) is 14.7 Å². The van der Waals surface area contributed by atoms with Gasteiger partial charge in [-0.05, 0) is 24.7 Å². The Kier molecular flexibility index (Phi) is 4.45. The molecule has 1 N–H and O–H groups in total. The van der Waals surface area contributed by atoms with Crippen molar-refractivity contribution in [3.63, 3.8) is 0 Å². The van der Waals surface area contributed by atoms with Crippen LogP contribution in [0.2, 0.25) is 0 Å². The number of nitriles is 1. The summed E-state index contributed by atoms with van der Waals surface area (Å²) in [4.78, 5) is 0. The minimum Gasteiger partial charge on any atom is -0.493 e. The molecule has 0 fully saturated rings. The zero-order valence-corrected chi connectivity index (χ0v) is 8.91. The lowest BCUT2D eigenvalue weighted by Crippen LogP contribution is -2.05. The first kappa shape index (κ1) is 11.3. The van der Waals surface area contributed by atoms with Crippen LogP contribution in [0.3, 0.4) is 0 Å². The SMILES string of the molecule is CNCc1ccc(OCC#N)c(OC)c1. The van der Waals surface area contributed by atoms with E-state index in [1.807, 2.05) is 31.3 Å². The van der Waals surface area contributed by atoms with Crippen LogP contribution in [0.4, 0.5) is 0 Å². The van der Waals surface area contributed by atoms with E-state index >= 15 is 0 Å². The van der Waals surface area contributed by atoms with Gasteiger partial charge in [0, 0.05) is 6.54 Å². The molecule has 0 saturated carbocycles. The molecule has 0 bridgehead atoms. The van der Waals surface area contributed by atoms with Crippen LogP contribution in [0.5, 0.6) is 11.5 Å². The van der Waals surface area contributed by atoms with Crippen molar-refractivity contribution in [1.82, 2.24) is 5.32 Å². The Balaban J connectivity index is 2.84. The third kappa shape index (κ3) is 3.15. The van der Waals surface area contributed by atoms with Gasteiger partial charge in [-0.1, -0.05) is 6.07 Å². The molecule has 0 heterocycles. The first-order chi connectivity index (χ1) is 7.31. The van der Waals surface area contributed by atoms with Gasteiger partial charge in [0.25, 0.3) is 0 Å². The van der Waals surface area contributed by atoms with Gasteiger partial charge < -0.3 is 14.8 Å². The molecule has 0 spiro atoms. The fourth-order valence-corrected chi connectivity index (χ4v) is 1.26. The largest absolute Gasteiger partial charge is 0.493 e. The van der Waals surface area contributed by atoms with Gasteiger partial charge in [-0.2, -0.15) is 5.26 Å². The highest BCUT2D eigenvalue weighted by Crippen LogP contribution is 2.27. The van der Waals surface area contributed by atoms with Crippen LogP contribution in [-0.4, -0.2) is 20.8 Å². The molecule has 4 heteroatoms. The molecule has 0 aliphatic rings. The Morgan fingerprint density at radius 2 is 2.20 bits per heavy atom. The lowest BCUT2D eigenvalue weighted by atomic mass is 10.2. The molecule has 1 aromatic carbocycles. The molecule has 0 radical (unpaired) electrons. The summed E-state index contributed by atoms with van der Waals surface area (Å²) in [5.74, 6) is 1.25. The Labute approximate surface area is 89.4 Å². The Morgan fingerprint density at radius 1 is 1.40 bits per heavy atom. The maximum absolute atomic E-state index is 8.40. The lowest BCUT2D eigenvalue weighted by molar-refractivity contribution is 0.329. The van der Waals surface area contributed by atoms with Crippen molar-refractivity contribution < 1.29 is 9.47 Å². The van der Waals surface area contributed by atoms with Crippen LogP contribution in [0, 0.1) is 11.3 Å². The molecule has 80 valence electrons. The van der Waals surface area contributed by atoms with E-state index in [0.29, 0.717) is 11.5 Å². The van der Waals surface area contributed by atoms with Crippen LogP contribution < -0.4 is 14.8 Å². The Morgan fingerprint density at radius 3 is 2.80 bits per heavy atom. The molecule has 4 nitrogen and oxygen atoms in total. The van der Waals surface area contributed by atoms with E-state index in [9.17, 15) is 0 Å². The van der Waals surface area contributed by atoms with E-state index in [2.05, 4.69) is 5.32 Å². The highest BCUT2D eigenvalue weighted by atomic mass is 16.5. The van der Waals surface area contributed by atoms with Crippen LogP contribution in [0.25, 0.3) is 0 Å². The molecule has 0 amide bonds. The summed E-state index contributed by atoms with van der Waals surface area (Å²) in [7, 11) is 3.46. The summed E-state index contributed by atoms with van der Waals surface area (Å²) in [6.07, 6.45) is 0. The predicted octanol–water partition coefficient (Wildman–Crippen LogP) is 1.32. The van der Waals surface area contributed by atoms with Gasteiger partial charge in [0.2, 0.25) is 0 Å². The van der Waals surface area contributed by atoms with Crippen molar-refractivity contribution in [1.29, 1.82) is 5.26 Å². The molecule has 0 aliphatic carbocycles. The number of rotatable bonds is 5. The second-order valence-electron chi connectivity index (χ2n) is 2.96. The van der Waals surface area contributed by atoms with Gasteiger partial charge in [0.1, 0.15) is 6.07 Å². The molecule has 15 heavy (non-hydrogen) atoms. The molecule has 0 atom stereocenters. The quantitative estimate of drug-likeness (QED) is 0.789. The minimum atomic E-state index is 0.0295. The maximum atomic E-state index is 8.40. The van der Waals surface area contributed by atoms with Crippen molar-refractivity contribution in [2.45, 2.75) is 6.54 Å². The number of hydrogen-bond acceptors (Lipinski definition) is 4. The number of methoxy groups -OCH3 is 1. The third-order valence-corrected chi connectivity index (χ3v) is 1.90. The minimum absolute atomic E-state index is 0.0295. The van der Waals surface area contributed by atoms with E-state index in [-0.39, 0.29) is 6.61 Å². The Hall–Kier alpha value is -1.73. The molecule has 0 aliphatic heterocycles. The topological polar surface area (TPSA) is 54.3 Å². The third-order valence-electron chi connectivity index (χ3n) is 1.90. The van der Waals surface area contributed by atoms with E-state index < -0.39 is 0 Å². The Bertz CT molecular complexity index is 358. The van der Waals surface area contributed by atoms with Crippen molar-refractivity contribution in [3.05, 3.63) is 23.8 Å². The molecule has 0 unspecified atom stereocenters. The van der Waals surface area contributed by atoms with Gasteiger partial charge in [-0.25, -0.2) is 0 Å². The molecular formula is C11H14N2O2. The van der Waals surface area contributed by atoms with Crippen molar-refractivity contribution >= 4 is 0 Å². The first-order valence-corrected chi connectivity index (χ1v) is 4.63. The zero-order chi connectivity index (χ0) is 11.1. The fourth-order valence-electron chi connectivity index (χ4n) is 1.26. The summed E-state index contributed by atoms with van der Waals surface area (Å²) in [6.45, 7) is 0.802. The monoisotopic (exact) mass is 206 g/mol. The van der Waals surface area contributed by atoms with Crippen molar-refractivity contribution in [2.24, 2.45) is 0 Å². The predicted molar refractivity (Wildman–Crippen MR) is 56.9 cm³/mol. The van der Waals surface area contributed by atoms with Crippen molar-refractivity contribution in [2.75, 3.05) is 20.8 Å². The summed E-state index contributed by atoms with van der Waals surface area (Å²) in [5.41, 5.74) is 1.11. The van der Waals surface area contributed by atoms with E-state index in [1.165, 1.54) is 0 Å². The van der Waals surface area contributed by atoms with Gasteiger partial charge in [0.15, 0.2) is 18.1 Å². The number of nitrogens with one attached hydrogen (secondary N) is 1. The first-order valence-electron chi connectivity index (χ1n) is 4.63. The molecule has 1 rings (SSSR count). The smallest absolute Gasteiger partial charge is 0.174 e. The molecule has 1 aromatic rings. The number of benzene rings is 1. The molecular weight excluding hydrogens is 192 g/mol. The summed E-state index contributed by atoms with van der Waals surface area (Å²) in [5, 5.41) is 11.5. The molecule has 0 saturated heterocycles. The zero-order valence-electron chi connectivity index (χ0n) is 8.91. The van der Waals surface area contributed by atoms with Crippen LogP contribution >= 0.6 is 0 Å². The van der Waals surface area contributed by atoms with Gasteiger partial charge in [-0.15, -0.1) is 0 Å². The average Bonchev–Trinajstić information content (AvgIpc) is 2.27. The average molecular weight is 206 g/mol. The highest BCUT2D eigenvalue weighted by molar-refractivity contribution is 5.43.